The topological polar surface area (TPSA) is 99.3 Å². The number of amides is 2. The van der Waals surface area contributed by atoms with Gasteiger partial charge in [-0.2, -0.15) is 5.10 Å². The predicted octanol–water partition coefficient (Wildman–Crippen LogP) is 2.40. The zero-order valence-corrected chi connectivity index (χ0v) is 18.9. The molecule has 0 radical (unpaired) electrons. The van der Waals surface area contributed by atoms with Gasteiger partial charge in [-0.3, -0.25) is 19.6 Å². The minimum absolute atomic E-state index is 0.0967. The number of carbonyl (C=O) groups excluding carboxylic acids is 2. The van der Waals surface area contributed by atoms with Crippen molar-refractivity contribution in [2.45, 2.75) is 32.5 Å². The van der Waals surface area contributed by atoms with E-state index in [0.29, 0.717) is 26.2 Å². The Balaban J connectivity index is 1.39. The number of rotatable bonds is 8. The first kappa shape index (κ1) is 22.5. The van der Waals surface area contributed by atoms with Gasteiger partial charge in [-0.25, -0.2) is 0 Å². The number of ether oxygens (including phenoxy) is 1. The van der Waals surface area contributed by atoms with Crippen molar-refractivity contribution >= 4 is 11.8 Å². The van der Waals surface area contributed by atoms with Crippen molar-refractivity contribution in [2.75, 3.05) is 20.2 Å². The molecule has 3 aromatic rings. The molecule has 172 valence electrons. The zero-order chi connectivity index (χ0) is 23.2. The van der Waals surface area contributed by atoms with Gasteiger partial charge in [-0.05, 0) is 29.7 Å². The molecule has 1 fully saturated rings. The molecule has 2 amide bonds. The highest BCUT2D eigenvalue weighted by Gasteiger charge is 2.31. The van der Waals surface area contributed by atoms with Crippen molar-refractivity contribution in [3.05, 3.63) is 71.4 Å². The Labute approximate surface area is 193 Å². The van der Waals surface area contributed by atoms with Crippen LogP contribution in [0.4, 0.5) is 0 Å². The van der Waals surface area contributed by atoms with E-state index in [1.54, 1.807) is 13.3 Å². The summed E-state index contributed by atoms with van der Waals surface area (Å²) in [7, 11) is 1.65. The molecule has 1 saturated heterocycles. The van der Waals surface area contributed by atoms with Crippen molar-refractivity contribution < 1.29 is 14.3 Å². The average molecular weight is 448 g/mol. The maximum atomic E-state index is 12.8. The second-order valence-corrected chi connectivity index (χ2v) is 8.20. The lowest BCUT2D eigenvalue weighted by Crippen LogP contribution is -2.56. The van der Waals surface area contributed by atoms with Crippen LogP contribution >= 0.6 is 0 Å². The summed E-state index contributed by atoms with van der Waals surface area (Å²) in [4.78, 5) is 27.4. The van der Waals surface area contributed by atoms with Gasteiger partial charge in [0.25, 0.3) is 0 Å². The molecule has 0 spiro atoms. The summed E-state index contributed by atoms with van der Waals surface area (Å²) in [6.07, 6.45) is 1.81. The van der Waals surface area contributed by atoms with E-state index >= 15 is 0 Å². The van der Waals surface area contributed by atoms with Gasteiger partial charge in [0.2, 0.25) is 11.8 Å². The molecule has 1 atom stereocenters. The summed E-state index contributed by atoms with van der Waals surface area (Å²) < 4.78 is 5.34. The van der Waals surface area contributed by atoms with E-state index in [4.69, 9.17) is 4.74 Å². The standard InChI is InChI=1S/C25H29N5O3/c1-17-12-18(8-9-22(17)33-2)16-30-11-10-26-25(32)21(30)13-23(31)27-14-20-15-28-29-24(20)19-6-4-3-5-7-19/h3-9,12,15,21H,10-11,13-14,16H2,1-2H3,(H,26,32)(H,27,31)(H,28,29)/t21-/m0/s1. The quantitative estimate of drug-likeness (QED) is 0.493. The first-order valence-electron chi connectivity index (χ1n) is 11.0. The summed E-state index contributed by atoms with van der Waals surface area (Å²) in [5.41, 5.74) is 4.90. The number of piperazine rings is 1. The lowest BCUT2D eigenvalue weighted by Gasteiger charge is -2.34. The van der Waals surface area contributed by atoms with Gasteiger partial charge in [0.05, 0.1) is 31.5 Å². The van der Waals surface area contributed by atoms with E-state index in [2.05, 4.69) is 31.8 Å². The summed E-state index contributed by atoms with van der Waals surface area (Å²) in [5.74, 6) is 0.545. The second-order valence-electron chi connectivity index (χ2n) is 8.20. The maximum absolute atomic E-state index is 12.8. The number of hydrogen-bond donors (Lipinski definition) is 3. The highest BCUT2D eigenvalue weighted by atomic mass is 16.5. The Kier molecular flexibility index (Phi) is 7.04. The molecule has 2 aromatic carbocycles. The highest BCUT2D eigenvalue weighted by Crippen LogP contribution is 2.22. The molecule has 8 nitrogen and oxygen atoms in total. The van der Waals surface area contributed by atoms with Gasteiger partial charge in [-0.1, -0.05) is 42.5 Å². The number of aryl methyl sites for hydroxylation is 1. The SMILES string of the molecule is COc1ccc(CN2CCNC(=O)[C@@H]2CC(=O)NCc2cn[nH]c2-c2ccccc2)cc1C. The maximum Gasteiger partial charge on any atom is 0.237 e. The largest absolute Gasteiger partial charge is 0.496 e. The van der Waals surface area contributed by atoms with Crippen LogP contribution in [0.15, 0.2) is 54.7 Å². The molecule has 0 aliphatic carbocycles. The lowest BCUT2D eigenvalue weighted by molar-refractivity contribution is -0.134. The summed E-state index contributed by atoms with van der Waals surface area (Å²) in [5, 5.41) is 13.0. The Bertz CT molecular complexity index is 1110. The summed E-state index contributed by atoms with van der Waals surface area (Å²) in [6, 6.07) is 15.3. The van der Waals surface area contributed by atoms with Crippen LogP contribution in [0.2, 0.25) is 0 Å². The summed E-state index contributed by atoms with van der Waals surface area (Å²) >= 11 is 0. The van der Waals surface area contributed by atoms with E-state index in [-0.39, 0.29) is 18.2 Å². The van der Waals surface area contributed by atoms with E-state index < -0.39 is 6.04 Å². The molecule has 8 heteroatoms. The van der Waals surface area contributed by atoms with Gasteiger partial charge in [0.1, 0.15) is 5.75 Å². The number of aromatic amines is 1. The first-order chi connectivity index (χ1) is 16.0. The number of benzene rings is 2. The summed E-state index contributed by atoms with van der Waals surface area (Å²) in [6.45, 7) is 4.19. The molecular formula is C25H29N5O3. The second kappa shape index (κ2) is 10.3. The van der Waals surface area contributed by atoms with E-state index in [1.165, 1.54) is 0 Å². The molecule has 0 unspecified atom stereocenters. The van der Waals surface area contributed by atoms with E-state index in [0.717, 1.165) is 33.7 Å². The van der Waals surface area contributed by atoms with E-state index in [9.17, 15) is 9.59 Å². The number of nitrogens with zero attached hydrogens (tertiary/aromatic N) is 2. The number of hydrogen-bond acceptors (Lipinski definition) is 5. The molecular weight excluding hydrogens is 418 g/mol. The third-order valence-corrected chi connectivity index (χ3v) is 5.92. The van der Waals surface area contributed by atoms with Gasteiger partial charge in [-0.15, -0.1) is 0 Å². The number of carbonyl (C=O) groups is 2. The number of methoxy groups -OCH3 is 1. The monoisotopic (exact) mass is 447 g/mol. The molecule has 0 saturated carbocycles. The normalized spacial score (nSPS) is 16.3. The molecule has 1 aromatic heterocycles. The van der Waals surface area contributed by atoms with Gasteiger partial charge >= 0.3 is 0 Å². The average Bonchev–Trinajstić information content (AvgIpc) is 3.29. The van der Waals surface area contributed by atoms with Crippen molar-refractivity contribution in [2.24, 2.45) is 0 Å². The fourth-order valence-electron chi connectivity index (χ4n) is 4.19. The van der Waals surface area contributed by atoms with E-state index in [1.807, 2.05) is 49.4 Å². The Morgan fingerprint density at radius 3 is 2.82 bits per heavy atom. The van der Waals surface area contributed by atoms with Crippen molar-refractivity contribution in [1.82, 2.24) is 25.7 Å². The van der Waals surface area contributed by atoms with Crippen molar-refractivity contribution in [1.29, 1.82) is 0 Å². The van der Waals surface area contributed by atoms with Gasteiger partial charge < -0.3 is 15.4 Å². The van der Waals surface area contributed by atoms with Crippen molar-refractivity contribution in [3.8, 4) is 17.0 Å². The van der Waals surface area contributed by atoms with Crippen LogP contribution in [0.3, 0.4) is 0 Å². The smallest absolute Gasteiger partial charge is 0.237 e. The molecule has 33 heavy (non-hydrogen) atoms. The van der Waals surface area contributed by atoms with Crippen LogP contribution in [0, 0.1) is 6.92 Å². The van der Waals surface area contributed by atoms with Crippen LogP contribution in [-0.4, -0.2) is 53.2 Å². The Morgan fingerprint density at radius 1 is 1.24 bits per heavy atom. The van der Waals surface area contributed by atoms with Gasteiger partial charge in [0.15, 0.2) is 0 Å². The molecule has 0 bridgehead atoms. The molecule has 4 rings (SSSR count). The fourth-order valence-corrected chi connectivity index (χ4v) is 4.19. The van der Waals surface area contributed by atoms with Crippen LogP contribution in [0.1, 0.15) is 23.1 Å². The van der Waals surface area contributed by atoms with Crippen LogP contribution in [0.5, 0.6) is 5.75 Å². The van der Waals surface area contributed by atoms with Crippen molar-refractivity contribution in [3.63, 3.8) is 0 Å². The Hall–Kier alpha value is -3.65. The Morgan fingerprint density at radius 2 is 2.06 bits per heavy atom. The van der Waals surface area contributed by atoms with Crippen LogP contribution < -0.4 is 15.4 Å². The predicted molar refractivity (Wildman–Crippen MR) is 125 cm³/mol. The lowest BCUT2D eigenvalue weighted by atomic mass is 10.0. The molecule has 1 aliphatic heterocycles. The molecule has 2 heterocycles. The third kappa shape index (κ3) is 5.40. The molecule has 1 aliphatic rings. The fraction of sp³-hybridized carbons (Fsp3) is 0.320. The minimum Gasteiger partial charge on any atom is -0.496 e. The first-order valence-corrected chi connectivity index (χ1v) is 11.0. The third-order valence-electron chi connectivity index (χ3n) is 5.92. The number of nitrogens with one attached hydrogen (secondary N) is 3. The minimum atomic E-state index is -0.515. The number of aromatic nitrogens is 2. The zero-order valence-electron chi connectivity index (χ0n) is 18.9. The molecule has 3 N–H and O–H groups in total. The number of H-pyrrole nitrogens is 1. The van der Waals surface area contributed by atoms with Crippen LogP contribution in [0.25, 0.3) is 11.3 Å². The van der Waals surface area contributed by atoms with Gasteiger partial charge in [0, 0.05) is 31.7 Å². The van der Waals surface area contributed by atoms with Crippen LogP contribution in [-0.2, 0) is 22.7 Å². The highest BCUT2D eigenvalue weighted by molar-refractivity contribution is 5.88.